The van der Waals surface area contributed by atoms with E-state index in [9.17, 15) is 39.8 Å². The predicted molar refractivity (Wildman–Crippen MR) is 211 cm³/mol. The van der Waals surface area contributed by atoms with Crippen molar-refractivity contribution in [2.75, 3.05) is 0 Å². The third kappa shape index (κ3) is 6.84. The molecule has 0 saturated heterocycles. The average molecular weight is 793 g/mol. The van der Waals surface area contributed by atoms with Crippen molar-refractivity contribution in [3.05, 3.63) is 130 Å². The van der Waals surface area contributed by atoms with Crippen LogP contribution in [-0.4, -0.2) is 78.2 Å². The Balaban J connectivity index is 1.17. The van der Waals surface area contributed by atoms with E-state index >= 15 is 0 Å². The fourth-order valence-electron chi connectivity index (χ4n) is 10.4. The first-order valence-electron chi connectivity index (χ1n) is 19.6. The summed E-state index contributed by atoms with van der Waals surface area (Å²) in [5, 5.41) is 49.9. The summed E-state index contributed by atoms with van der Waals surface area (Å²) in [6.07, 6.45) is 8.92. The van der Waals surface area contributed by atoms with Gasteiger partial charge < -0.3 is 29.5 Å². The minimum Gasteiger partial charge on any atom is -0.459 e. The monoisotopic (exact) mass is 792 g/mol. The molecule has 1 heterocycles. The highest BCUT2D eigenvalue weighted by Crippen LogP contribution is 2.71. The van der Waals surface area contributed by atoms with Crippen molar-refractivity contribution in [3.8, 4) is 0 Å². The van der Waals surface area contributed by atoms with Crippen molar-refractivity contribution >= 4 is 35.7 Å². The number of aliphatic hydroxyl groups is 3. The molecule has 13 nitrogen and oxygen atoms in total. The molecule has 9 atom stereocenters. The van der Waals surface area contributed by atoms with E-state index in [2.05, 4.69) is 4.98 Å². The number of nitro benzene ring substituents is 1. The first-order chi connectivity index (χ1) is 27.5. The van der Waals surface area contributed by atoms with E-state index < -0.39 is 74.7 Å². The summed E-state index contributed by atoms with van der Waals surface area (Å²) in [5.41, 5.74) is -5.78. The fourth-order valence-corrected chi connectivity index (χ4v) is 10.4. The molecule has 0 radical (unpaired) electrons. The molecule has 3 saturated carbocycles. The first-order valence-corrected chi connectivity index (χ1v) is 19.6. The Bertz CT molecular complexity index is 2160. The zero-order valence-electron chi connectivity index (χ0n) is 32.7. The van der Waals surface area contributed by atoms with Crippen molar-refractivity contribution < 1.29 is 48.8 Å². The van der Waals surface area contributed by atoms with E-state index in [4.69, 9.17) is 14.2 Å². The number of hydrogen-bond donors (Lipinski definition) is 3. The molecule has 0 spiro atoms. The molecule has 13 heteroatoms. The highest BCUT2D eigenvalue weighted by molar-refractivity contribution is 5.89. The summed E-state index contributed by atoms with van der Waals surface area (Å²) < 4.78 is 18.0. The van der Waals surface area contributed by atoms with Crippen molar-refractivity contribution in [3.63, 3.8) is 0 Å². The molecule has 3 fully saturated rings. The average Bonchev–Trinajstić information content (AvgIpc) is 3.45. The second-order valence-corrected chi connectivity index (χ2v) is 16.5. The lowest BCUT2D eigenvalue weighted by atomic mass is 9.42. The van der Waals surface area contributed by atoms with Gasteiger partial charge in [0.1, 0.15) is 35.1 Å². The van der Waals surface area contributed by atoms with Gasteiger partial charge in [0, 0.05) is 49.0 Å². The molecule has 3 N–H and O–H groups in total. The van der Waals surface area contributed by atoms with Gasteiger partial charge in [0.05, 0.1) is 15.9 Å². The zero-order valence-corrected chi connectivity index (χ0v) is 32.7. The standard InChI is InChI=1S/C45H48N2O11/c1-29(56-40(50)32-10-7-25-46-28-32)43(51)23-24-45(53)42(43,3)37(58-39(49)18-13-30-8-5-4-6-9-30)27-36-41(2)21-20-35(26-33(41)19-22-44(36,45)52)57-38(48)17-14-31-11-15-34(16-12-31)47(54)55/h4-19,25,28-29,35-37,51-53H,20-24,26-27H2,1-3H3/b17-14+,18-13+/t29-,35+,36-,37-,41+,42-,43-,44+,45-/m1/s1. The number of hydrogen-bond acceptors (Lipinski definition) is 12. The third-order valence-corrected chi connectivity index (χ3v) is 13.7. The number of ether oxygens (including phenoxy) is 3. The maximum atomic E-state index is 13.7. The van der Waals surface area contributed by atoms with Crippen LogP contribution in [0.25, 0.3) is 12.2 Å². The molecule has 0 bridgehead atoms. The number of nitro groups is 1. The Morgan fingerprint density at radius 2 is 1.57 bits per heavy atom. The van der Waals surface area contributed by atoms with E-state index in [0.717, 1.165) is 11.1 Å². The minimum atomic E-state index is -2.02. The van der Waals surface area contributed by atoms with Gasteiger partial charge in [0.25, 0.3) is 5.69 Å². The van der Waals surface area contributed by atoms with Gasteiger partial charge in [0.2, 0.25) is 0 Å². The van der Waals surface area contributed by atoms with E-state index in [1.807, 2.05) is 43.3 Å². The molecule has 7 rings (SSSR count). The summed E-state index contributed by atoms with van der Waals surface area (Å²) in [6, 6.07) is 18.1. The number of benzene rings is 2. The Hall–Kier alpha value is -5.50. The Kier molecular flexibility index (Phi) is 10.8. The van der Waals surface area contributed by atoms with Crippen LogP contribution in [0.4, 0.5) is 5.69 Å². The van der Waals surface area contributed by atoms with Crippen LogP contribution in [0.1, 0.15) is 87.2 Å². The largest absolute Gasteiger partial charge is 0.459 e. The van der Waals surface area contributed by atoms with Crippen molar-refractivity contribution in [1.29, 1.82) is 0 Å². The Labute approximate surface area is 336 Å². The molecule has 304 valence electrons. The van der Waals surface area contributed by atoms with Gasteiger partial charge in [-0.25, -0.2) is 14.4 Å². The number of carbonyl (C=O) groups is 3. The quantitative estimate of drug-likeness (QED) is 0.0517. The molecule has 4 aliphatic rings. The van der Waals surface area contributed by atoms with Crippen LogP contribution >= 0.6 is 0 Å². The van der Waals surface area contributed by atoms with Crippen molar-refractivity contribution in [2.45, 2.75) is 101 Å². The molecule has 58 heavy (non-hydrogen) atoms. The number of carbonyl (C=O) groups excluding carboxylic acids is 3. The fraction of sp³-hybridized carbons (Fsp3) is 0.422. The predicted octanol–water partition coefficient (Wildman–Crippen LogP) is 6.32. The highest BCUT2D eigenvalue weighted by atomic mass is 16.6. The number of esters is 3. The number of aromatic nitrogens is 1. The topological polar surface area (TPSA) is 196 Å². The number of rotatable bonds is 10. The first kappa shape index (κ1) is 40.7. The van der Waals surface area contributed by atoms with Gasteiger partial charge in [-0.3, -0.25) is 15.1 Å². The van der Waals surface area contributed by atoms with Crippen LogP contribution in [0, 0.1) is 26.9 Å². The lowest BCUT2D eigenvalue weighted by Crippen LogP contribution is -2.78. The van der Waals surface area contributed by atoms with Crippen molar-refractivity contribution in [2.24, 2.45) is 16.7 Å². The van der Waals surface area contributed by atoms with Crippen molar-refractivity contribution in [1.82, 2.24) is 4.98 Å². The van der Waals surface area contributed by atoms with Crippen LogP contribution in [-0.2, 0) is 23.8 Å². The van der Waals surface area contributed by atoms with Crippen LogP contribution in [0.2, 0.25) is 0 Å². The van der Waals surface area contributed by atoms with Gasteiger partial charge in [-0.05, 0) is 98.4 Å². The normalized spacial score (nSPS) is 33.3. The van der Waals surface area contributed by atoms with E-state index in [-0.39, 0.29) is 36.9 Å². The minimum absolute atomic E-state index is 0.0178. The smallest absolute Gasteiger partial charge is 0.340 e. The highest BCUT2D eigenvalue weighted by Gasteiger charge is 2.81. The van der Waals surface area contributed by atoms with Crippen LogP contribution in [0.15, 0.2) is 103 Å². The second-order valence-electron chi connectivity index (χ2n) is 16.5. The molecule has 1 aromatic heterocycles. The third-order valence-electron chi connectivity index (χ3n) is 13.7. The molecule has 0 unspecified atom stereocenters. The maximum absolute atomic E-state index is 13.7. The van der Waals surface area contributed by atoms with Crippen LogP contribution in [0.3, 0.4) is 0 Å². The Morgan fingerprint density at radius 1 is 0.897 bits per heavy atom. The molecule has 0 amide bonds. The zero-order chi connectivity index (χ0) is 41.5. The van der Waals surface area contributed by atoms with Gasteiger partial charge in [-0.15, -0.1) is 0 Å². The number of pyridine rings is 1. The molecule has 3 aromatic rings. The number of non-ortho nitro benzene ring substituents is 1. The van der Waals surface area contributed by atoms with E-state index in [0.29, 0.717) is 24.8 Å². The van der Waals surface area contributed by atoms with Crippen LogP contribution < -0.4 is 0 Å². The lowest BCUT2D eigenvalue weighted by Gasteiger charge is -2.67. The summed E-state index contributed by atoms with van der Waals surface area (Å²) in [4.78, 5) is 54.3. The summed E-state index contributed by atoms with van der Waals surface area (Å²) in [5.74, 6) is -2.65. The van der Waals surface area contributed by atoms with E-state index in [1.165, 1.54) is 61.0 Å². The van der Waals surface area contributed by atoms with Gasteiger partial charge in [-0.2, -0.15) is 0 Å². The van der Waals surface area contributed by atoms with E-state index in [1.54, 1.807) is 26.0 Å². The maximum Gasteiger partial charge on any atom is 0.340 e. The summed E-state index contributed by atoms with van der Waals surface area (Å²) >= 11 is 0. The summed E-state index contributed by atoms with van der Waals surface area (Å²) in [6.45, 7) is 5.17. The number of fused-ring (bicyclic) bond motifs is 5. The number of nitrogens with zero attached hydrogens (tertiary/aromatic N) is 2. The lowest BCUT2D eigenvalue weighted by molar-refractivity contribution is -0.384. The van der Waals surface area contributed by atoms with Gasteiger partial charge in [0.15, 0.2) is 0 Å². The molecule has 4 aliphatic carbocycles. The van der Waals surface area contributed by atoms with Crippen LogP contribution in [0.5, 0.6) is 0 Å². The molecule has 2 aromatic carbocycles. The van der Waals surface area contributed by atoms with Gasteiger partial charge >= 0.3 is 17.9 Å². The molecular weight excluding hydrogens is 744 g/mol. The van der Waals surface area contributed by atoms with Gasteiger partial charge in [-0.1, -0.05) is 55.8 Å². The Morgan fingerprint density at radius 3 is 2.22 bits per heavy atom. The SMILES string of the molecule is C[C@@H](OC(=O)c1cccnc1)[C@]1(O)CC[C@@]2(O)[C@]1(C)[C@H](OC(=O)/C=C/c1ccccc1)C[C@@H]1[C@@]3(C)CC[C@H](OC(=O)/C=C/c4ccc([N+](=O)[O-])cc4)CC3=CC[C@]12O. The molecule has 0 aliphatic heterocycles. The summed E-state index contributed by atoms with van der Waals surface area (Å²) in [7, 11) is 0. The molecular formula is C45H48N2O11. The second kappa shape index (κ2) is 15.3.